The third-order valence-corrected chi connectivity index (χ3v) is 5.12. The van der Waals surface area contributed by atoms with Gasteiger partial charge in [0.2, 0.25) is 0 Å². The summed E-state index contributed by atoms with van der Waals surface area (Å²) in [6.45, 7) is 5.16. The van der Waals surface area contributed by atoms with Gasteiger partial charge in [0.15, 0.2) is 0 Å². The maximum Gasteiger partial charge on any atom is 0.112 e. The summed E-state index contributed by atoms with van der Waals surface area (Å²) in [6.07, 6.45) is 1.19. The van der Waals surface area contributed by atoms with Gasteiger partial charge in [-0.1, -0.05) is 23.2 Å². The number of hydrogen-bond donors (Lipinski definition) is 1. The summed E-state index contributed by atoms with van der Waals surface area (Å²) in [4.78, 5) is 2.40. The molecule has 0 saturated carbocycles. The Morgan fingerprint density at radius 2 is 2.29 bits per heavy atom. The average molecular weight is 316 g/mol. The molecule has 1 aromatic heterocycles. The molecule has 1 aliphatic heterocycles. The lowest BCUT2D eigenvalue weighted by molar-refractivity contribution is 0.309. The van der Waals surface area contributed by atoms with E-state index in [1.807, 2.05) is 5.38 Å². The van der Waals surface area contributed by atoms with Gasteiger partial charge in [-0.2, -0.15) is 0 Å². The summed E-state index contributed by atoms with van der Waals surface area (Å²) < 4.78 is 0.694. The van der Waals surface area contributed by atoms with Crippen molar-refractivity contribution in [1.29, 1.82) is 0 Å². The fraction of sp³-hybridized carbons (Fsp3) is 0.636. The first-order chi connectivity index (χ1) is 7.58. The predicted molar refractivity (Wildman–Crippen MR) is 78.6 cm³/mol. The van der Waals surface area contributed by atoms with E-state index in [1.165, 1.54) is 17.8 Å². The second-order valence-electron chi connectivity index (χ2n) is 4.49. The molecular weight excluding hydrogens is 299 g/mol. The van der Waals surface area contributed by atoms with E-state index in [2.05, 4.69) is 11.8 Å². The van der Waals surface area contributed by atoms with Crippen LogP contribution in [0, 0.1) is 5.92 Å². The zero-order chi connectivity index (χ0) is 11.7. The normalized spacial score (nSPS) is 22.5. The first-order valence-electron chi connectivity index (χ1n) is 5.47. The van der Waals surface area contributed by atoms with Crippen LogP contribution in [0.2, 0.25) is 9.36 Å². The monoisotopic (exact) mass is 314 g/mol. The van der Waals surface area contributed by atoms with Gasteiger partial charge in [0.25, 0.3) is 0 Å². The van der Waals surface area contributed by atoms with E-state index >= 15 is 0 Å². The van der Waals surface area contributed by atoms with Crippen molar-refractivity contribution in [3.63, 3.8) is 0 Å². The van der Waals surface area contributed by atoms with Crippen LogP contribution in [0.15, 0.2) is 5.38 Å². The van der Waals surface area contributed by atoms with Gasteiger partial charge >= 0.3 is 0 Å². The smallest absolute Gasteiger partial charge is 0.112 e. The van der Waals surface area contributed by atoms with Crippen LogP contribution in [-0.4, -0.2) is 24.0 Å². The summed E-state index contributed by atoms with van der Waals surface area (Å²) in [5.74, 6) is 0.618. The summed E-state index contributed by atoms with van der Waals surface area (Å²) in [6, 6.07) is 0.284. The van der Waals surface area contributed by atoms with Gasteiger partial charge in [-0.3, -0.25) is 4.90 Å². The molecule has 1 saturated heterocycles. The predicted octanol–water partition coefficient (Wildman–Crippen LogP) is 3.65. The van der Waals surface area contributed by atoms with Gasteiger partial charge in [-0.05, 0) is 36.8 Å². The van der Waals surface area contributed by atoms with E-state index in [1.54, 1.807) is 0 Å². The van der Waals surface area contributed by atoms with E-state index in [4.69, 9.17) is 28.9 Å². The quantitative estimate of drug-likeness (QED) is 0.922. The topological polar surface area (TPSA) is 29.3 Å². The molecule has 0 aromatic carbocycles. The molecule has 98 valence electrons. The zero-order valence-corrected chi connectivity index (χ0v) is 12.8. The molecule has 6 heteroatoms. The van der Waals surface area contributed by atoms with Crippen LogP contribution in [0.25, 0.3) is 0 Å². The van der Waals surface area contributed by atoms with E-state index in [9.17, 15) is 0 Å². The third kappa shape index (κ3) is 3.72. The fourth-order valence-electron chi connectivity index (χ4n) is 2.14. The third-order valence-electron chi connectivity index (χ3n) is 3.21. The molecule has 2 nitrogen and oxygen atoms in total. The standard InChI is InChI=1S/C11H16Cl2N2S.ClH/c1-7(14)8-2-3-15(4-8)5-9-6-16-11(13)10(9)12;/h6-8H,2-5,14H2,1H3;1H. The molecule has 2 atom stereocenters. The molecule has 0 aliphatic carbocycles. The number of nitrogens with two attached hydrogens (primary N) is 1. The number of rotatable bonds is 3. The molecule has 2 heterocycles. The van der Waals surface area contributed by atoms with Crippen molar-refractivity contribution in [2.75, 3.05) is 13.1 Å². The highest BCUT2D eigenvalue weighted by molar-refractivity contribution is 7.15. The minimum Gasteiger partial charge on any atom is -0.328 e. The number of halogens is 3. The second-order valence-corrected chi connectivity index (χ2v) is 6.35. The fourth-order valence-corrected chi connectivity index (χ4v) is 3.38. The Morgan fingerprint density at radius 3 is 2.76 bits per heavy atom. The molecule has 0 radical (unpaired) electrons. The molecule has 0 amide bonds. The largest absolute Gasteiger partial charge is 0.328 e. The average Bonchev–Trinajstić information content (AvgIpc) is 2.81. The highest BCUT2D eigenvalue weighted by atomic mass is 35.5. The highest BCUT2D eigenvalue weighted by Crippen LogP contribution is 2.34. The Kier molecular flexibility index (Phi) is 6.03. The molecular formula is C11H17Cl3N2S. The lowest BCUT2D eigenvalue weighted by atomic mass is 10.0. The minimum atomic E-state index is 0. The molecule has 0 spiro atoms. The van der Waals surface area contributed by atoms with Gasteiger partial charge in [0.1, 0.15) is 4.34 Å². The minimum absolute atomic E-state index is 0. The van der Waals surface area contributed by atoms with Crippen molar-refractivity contribution >= 4 is 46.9 Å². The summed E-state index contributed by atoms with van der Waals surface area (Å²) >= 11 is 13.6. The molecule has 2 N–H and O–H groups in total. The van der Waals surface area contributed by atoms with Gasteiger partial charge in [0.05, 0.1) is 5.02 Å². The Morgan fingerprint density at radius 1 is 1.59 bits per heavy atom. The van der Waals surface area contributed by atoms with Crippen LogP contribution < -0.4 is 5.73 Å². The van der Waals surface area contributed by atoms with E-state index in [-0.39, 0.29) is 18.4 Å². The van der Waals surface area contributed by atoms with Crippen LogP contribution in [0.1, 0.15) is 18.9 Å². The van der Waals surface area contributed by atoms with Gasteiger partial charge in [-0.15, -0.1) is 23.7 Å². The van der Waals surface area contributed by atoms with Gasteiger partial charge in [-0.25, -0.2) is 0 Å². The number of likely N-dealkylation sites (tertiary alicyclic amines) is 1. The van der Waals surface area contributed by atoms with Crippen molar-refractivity contribution in [3.05, 3.63) is 20.3 Å². The number of hydrogen-bond acceptors (Lipinski definition) is 3. The van der Waals surface area contributed by atoms with E-state index in [0.717, 1.165) is 30.2 Å². The van der Waals surface area contributed by atoms with Crippen LogP contribution in [0.5, 0.6) is 0 Å². The van der Waals surface area contributed by atoms with Gasteiger partial charge < -0.3 is 5.73 Å². The van der Waals surface area contributed by atoms with E-state index in [0.29, 0.717) is 10.3 Å². The highest BCUT2D eigenvalue weighted by Gasteiger charge is 2.25. The molecule has 1 aliphatic rings. The van der Waals surface area contributed by atoms with Gasteiger partial charge in [0, 0.05) is 19.1 Å². The summed E-state index contributed by atoms with van der Waals surface area (Å²) in [5.41, 5.74) is 7.06. The maximum absolute atomic E-state index is 6.11. The van der Waals surface area contributed by atoms with Crippen LogP contribution >= 0.6 is 46.9 Å². The molecule has 2 unspecified atom stereocenters. The summed E-state index contributed by atoms with van der Waals surface area (Å²) in [7, 11) is 0. The Hall–Kier alpha value is 0.490. The van der Waals surface area contributed by atoms with Crippen LogP contribution in [-0.2, 0) is 6.54 Å². The Bertz CT molecular complexity index is 368. The molecule has 0 bridgehead atoms. The lowest BCUT2D eigenvalue weighted by Crippen LogP contribution is -2.29. The van der Waals surface area contributed by atoms with Crippen molar-refractivity contribution in [3.8, 4) is 0 Å². The van der Waals surface area contributed by atoms with Crippen molar-refractivity contribution < 1.29 is 0 Å². The van der Waals surface area contributed by atoms with Crippen molar-refractivity contribution in [2.45, 2.75) is 25.9 Å². The summed E-state index contributed by atoms with van der Waals surface area (Å²) in [5, 5.41) is 2.76. The maximum atomic E-state index is 6.11. The van der Waals surface area contributed by atoms with Crippen molar-refractivity contribution in [1.82, 2.24) is 4.90 Å². The Labute approximate surface area is 122 Å². The molecule has 1 fully saturated rings. The number of thiophene rings is 1. The first kappa shape index (κ1) is 15.5. The lowest BCUT2D eigenvalue weighted by Gasteiger charge is -2.17. The SMILES string of the molecule is CC(N)C1CCN(Cc2csc(Cl)c2Cl)C1.Cl. The van der Waals surface area contributed by atoms with E-state index < -0.39 is 0 Å². The molecule has 1 aromatic rings. The molecule has 2 rings (SSSR count). The molecule has 17 heavy (non-hydrogen) atoms. The van der Waals surface area contributed by atoms with Crippen LogP contribution in [0.4, 0.5) is 0 Å². The van der Waals surface area contributed by atoms with Crippen molar-refractivity contribution in [2.24, 2.45) is 11.7 Å². The van der Waals surface area contributed by atoms with Crippen LogP contribution in [0.3, 0.4) is 0 Å². The Balaban J connectivity index is 0.00000144. The second kappa shape index (κ2) is 6.60. The zero-order valence-electron chi connectivity index (χ0n) is 9.66. The first-order valence-corrected chi connectivity index (χ1v) is 7.10. The number of nitrogens with zero attached hydrogens (tertiary/aromatic N) is 1.